The summed E-state index contributed by atoms with van der Waals surface area (Å²) in [5, 5.41) is 8.38. The van der Waals surface area contributed by atoms with Gasteiger partial charge >= 0.3 is 6.03 Å². The fourth-order valence-corrected chi connectivity index (χ4v) is 2.98. The minimum atomic E-state index is -0.487. The molecule has 0 aliphatic carbocycles. The molecule has 1 heterocycles. The van der Waals surface area contributed by atoms with Gasteiger partial charge in [0.15, 0.2) is 0 Å². The van der Waals surface area contributed by atoms with Crippen LogP contribution in [-0.4, -0.2) is 11.9 Å². The van der Waals surface area contributed by atoms with Crippen molar-refractivity contribution in [2.45, 2.75) is 13.0 Å². The molecule has 1 aliphatic rings. The Morgan fingerprint density at radius 3 is 2.42 bits per heavy atom. The summed E-state index contributed by atoms with van der Waals surface area (Å²) >= 11 is 2.22. The minimum absolute atomic E-state index is 0.241. The number of nitrogens with one attached hydrogen (secondary N) is 3. The van der Waals surface area contributed by atoms with E-state index in [0.29, 0.717) is 17.0 Å². The molecule has 0 radical (unpaired) electrons. The normalized spacial score (nSPS) is 17.1. The van der Waals surface area contributed by atoms with Crippen LogP contribution in [0.4, 0.5) is 10.5 Å². The molecule has 0 fully saturated rings. The number of amides is 3. The van der Waals surface area contributed by atoms with Crippen LogP contribution in [0.15, 0.2) is 65.9 Å². The molecule has 0 bridgehead atoms. The number of carbonyl (C=O) groups is 2. The first-order chi connectivity index (χ1) is 11.5. The fourth-order valence-electron chi connectivity index (χ4n) is 2.62. The van der Waals surface area contributed by atoms with E-state index < -0.39 is 6.04 Å². The van der Waals surface area contributed by atoms with Crippen molar-refractivity contribution in [1.82, 2.24) is 10.6 Å². The average Bonchev–Trinajstić information content (AvgIpc) is 2.55. The van der Waals surface area contributed by atoms with Crippen LogP contribution < -0.4 is 16.0 Å². The Labute approximate surface area is 153 Å². The highest BCUT2D eigenvalue weighted by Gasteiger charge is 2.31. The molecule has 3 amide bonds. The van der Waals surface area contributed by atoms with Gasteiger partial charge in [-0.3, -0.25) is 4.79 Å². The summed E-state index contributed by atoms with van der Waals surface area (Å²) in [7, 11) is 0. The van der Waals surface area contributed by atoms with Crippen molar-refractivity contribution in [2.24, 2.45) is 0 Å². The van der Waals surface area contributed by atoms with E-state index in [-0.39, 0.29) is 11.9 Å². The second-order valence-electron chi connectivity index (χ2n) is 5.44. The molecule has 0 saturated heterocycles. The highest BCUT2D eigenvalue weighted by Crippen LogP contribution is 2.28. The molecule has 5 nitrogen and oxygen atoms in total. The smallest absolute Gasteiger partial charge is 0.319 e. The summed E-state index contributed by atoms with van der Waals surface area (Å²) in [6, 6.07) is 16.2. The molecule has 6 heteroatoms. The van der Waals surface area contributed by atoms with Crippen molar-refractivity contribution in [3.8, 4) is 0 Å². The van der Waals surface area contributed by atoms with Gasteiger partial charge in [-0.1, -0.05) is 30.3 Å². The number of benzene rings is 2. The zero-order chi connectivity index (χ0) is 17.1. The second kappa shape index (κ2) is 7.04. The van der Waals surface area contributed by atoms with Gasteiger partial charge in [-0.25, -0.2) is 4.79 Å². The van der Waals surface area contributed by atoms with Gasteiger partial charge in [0.2, 0.25) is 0 Å². The molecule has 122 valence electrons. The first-order valence-corrected chi connectivity index (χ1v) is 8.52. The summed E-state index contributed by atoms with van der Waals surface area (Å²) in [5.74, 6) is -0.241. The second-order valence-corrected chi connectivity index (χ2v) is 6.69. The first-order valence-electron chi connectivity index (χ1n) is 7.45. The summed E-state index contributed by atoms with van der Waals surface area (Å²) < 4.78 is 1.09. The zero-order valence-electron chi connectivity index (χ0n) is 13.0. The van der Waals surface area contributed by atoms with Crippen LogP contribution in [0.25, 0.3) is 0 Å². The standard InChI is InChI=1S/C18H16IN3O2/c1-11-15(17(23)21-14-5-3-2-4-6-14)16(22-18(24)20-11)12-7-9-13(19)10-8-12/h2-10,16H,1H3,(H,21,23)(H2,20,22,24). The number of hydrogen-bond donors (Lipinski definition) is 3. The number of allylic oxidation sites excluding steroid dienone is 1. The maximum absolute atomic E-state index is 12.8. The van der Waals surface area contributed by atoms with E-state index in [1.165, 1.54) is 0 Å². The van der Waals surface area contributed by atoms with Gasteiger partial charge in [0.1, 0.15) is 0 Å². The van der Waals surface area contributed by atoms with Crippen LogP contribution in [0, 0.1) is 3.57 Å². The van der Waals surface area contributed by atoms with Gasteiger partial charge in [0.05, 0.1) is 11.6 Å². The highest BCUT2D eigenvalue weighted by molar-refractivity contribution is 14.1. The van der Waals surface area contributed by atoms with Gasteiger partial charge in [-0.05, 0) is 59.3 Å². The predicted octanol–water partition coefficient (Wildman–Crippen LogP) is 3.56. The lowest BCUT2D eigenvalue weighted by Gasteiger charge is -2.28. The Bertz CT molecular complexity index is 801. The lowest BCUT2D eigenvalue weighted by Crippen LogP contribution is -2.45. The minimum Gasteiger partial charge on any atom is -0.327 e. The van der Waals surface area contributed by atoms with Crippen molar-refractivity contribution < 1.29 is 9.59 Å². The van der Waals surface area contributed by atoms with Crippen LogP contribution in [-0.2, 0) is 4.79 Å². The Kier molecular flexibility index (Phi) is 4.84. The van der Waals surface area contributed by atoms with E-state index in [2.05, 4.69) is 38.5 Å². The van der Waals surface area contributed by atoms with E-state index in [1.807, 2.05) is 54.6 Å². The third-order valence-electron chi connectivity index (χ3n) is 3.75. The zero-order valence-corrected chi connectivity index (χ0v) is 15.1. The Hall–Kier alpha value is -2.35. The number of urea groups is 1. The number of rotatable bonds is 3. The molecule has 0 saturated carbocycles. The lowest BCUT2D eigenvalue weighted by molar-refractivity contribution is -0.113. The third kappa shape index (κ3) is 3.59. The summed E-state index contributed by atoms with van der Waals surface area (Å²) in [6.45, 7) is 1.73. The SMILES string of the molecule is CC1=C(C(=O)Nc2ccccc2)C(c2ccc(I)cc2)NC(=O)N1. The van der Waals surface area contributed by atoms with E-state index >= 15 is 0 Å². The van der Waals surface area contributed by atoms with Crippen LogP contribution in [0.3, 0.4) is 0 Å². The van der Waals surface area contributed by atoms with E-state index in [1.54, 1.807) is 6.92 Å². The molecule has 0 aromatic heterocycles. The fraction of sp³-hybridized carbons (Fsp3) is 0.111. The van der Waals surface area contributed by atoms with Crippen LogP contribution in [0.2, 0.25) is 0 Å². The molecule has 2 aromatic carbocycles. The number of anilines is 1. The van der Waals surface area contributed by atoms with E-state index in [4.69, 9.17) is 0 Å². The quantitative estimate of drug-likeness (QED) is 0.648. The molecule has 2 aromatic rings. The largest absolute Gasteiger partial charge is 0.327 e. The monoisotopic (exact) mass is 433 g/mol. The summed E-state index contributed by atoms with van der Waals surface area (Å²) in [6.07, 6.45) is 0. The lowest BCUT2D eigenvalue weighted by atomic mass is 9.95. The summed E-state index contributed by atoms with van der Waals surface area (Å²) in [5.41, 5.74) is 2.62. The van der Waals surface area contributed by atoms with E-state index in [0.717, 1.165) is 9.13 Å². The van der Waals surface area contributed by atoms with Gasteiger partial charge in [0, 0.05) is 15.0 Å². The third-order valence-corrected chi connectivity index (χ3v) is 4.47. The highest BCUT2D eigenvalue weighted by atomic mass is 127. The molecule has 3 N–H and O–H groups in total. The molecule has 1 unspecified atom stereocenters. The molecule has 3 rings (SSSR count). The van der Waals surface area contributed by atoms with Crippen molar-refractivity contribution in [2.75, 3.05) is 5.32 Å². The molecule has 24 heavy (non-hydrogen) atoms. The number of hydrogen-bond acceptors (Lipinski definition) is 2. The molecule has 0 spiro atoms. The number of halogens is 1. The van der Waals surface area contributed by atoms with Gasteiger partial charge in [-0.2, -0.15) is 0 Å². The van der Waals surface area contributed by atoms with Crippen molar-refractivity contribution in [3.05, 3.63) is 75.0 Å². The van der Waals surface area contributed by atoms with Gasteiger partial charge in [0.25, 0.3) is 5.91 Å². The van der Waals surface area contributed by atoms with Gasteiger partial charge < -0.3 is 16.0 Å². The molecule has 1 atom stereocenters. The maximum Gasteiger partial charge on any atom is 0.319 e. The van der Waals surface area contributed by atoms with Crippen LogP contribution >= 0.6 is 22.6 Å². The Balaban J connectivity index is 1.94. The average molecular weight is 433 g/mol. The van der Waals surface area contributed by atoms with Crippen molar-refractivity contribution >= 4 is 40.2 Å². The molecular formula is C18H16IN3O2. The first kappa shape index (κ1) is 16.5. The maximum atomic E-state index is 12.8. The van der Waals surface area contributed by atoms with Crippen LogP contribution in [0.1, 0.15) is 18.5 Å². The van der Waals surface area contributed by atoms with Crippen molar-refractivity contribution in [1.29, 1.82) is 0 Å². The molecule has 1 aliphatic heterocycles. The molecular weight excluding hydrogens is 417 g/mol. The Morgan fingerprint density at radius 2 is 1.75 bits per heavy atom. The Morgan fingerprint density at radius 1 is 1.08 bits per heavy atom. The van der Waals surface area contributed by atoms with Gasteiger partial charge in [-0.15, -0.1) is 0 Å². The topological polar surface area (TPSA) is 70.2 Å². The van der Waals surface area contributed by atoms with Crippen molar-refractivity contribution in [3.63, 3.8) is 0 Å². The number of para-hydroxylation sites is 1. The van der Waals surface area contributed by atoms with E-state index in [9.17, 15) is 9.59 Å². The number of carbonyl (C=O) groups excluding carboxylic acids is 2. The predicted molar refractivity (Wildman–Crippen MR) is 101 cm³/mol. The summed E-state index contributed by atoms with van der Waals surface area (Å²) in [4.78, 5) is 24.6. The van der Waals surface area contributed by atoms with Crippen LogP contribution in [0.5, 0.6) is 0 Å².